The molecule has 0 aliphatic carbocycles. The second-order valence-electron chi connectivity index (χ2n) is 9.35. The summed E-state index contributed by atoms with van der Waals surface area (Å²) in [5.41, 5.74) is -0.490. The van der Waals surface area contributed by atoms with Gasteiger partial charge in [-0.2, -0.15) is 0 Å². The Morgan fingerprint density at radius 1 is 1.09 bits per heavy atom. The first-order valence-corrected chi connectivity index (χ1v) is 13.4. The molecule has 0 radical (unpaired) electrons. The fourth-order valence-corrected chi connectivity index (χ4v) is 9.20. The third-order valence-electron chi connectivity index (χ3n) is 8.09. The monoisotopic (exact) mass is 504 g/mol. The second-order valence-corrected chi connectivity index (χ2v) is 11.3. The summed E-state index contributed by atoms with van der Waals surface area (Å²) in [6, 6.07) is 16.2. The van der Waals surface area contributed by atoms with Gasteiger partial charge in [-0.25, -0.2) is 0 Å². The van der Waals surface area contributed by atoms with Crippen LogP contribution in [0.1, 0.15) is 26.7 Å². The number of carbonyl (C=O) groups excluding carboxylic acids is 2. The summed E-state index contributed by atoms with van der Waals surface area (Å²) < 4.78 is 0. The van der Waals surface area contributed by atoms with Gasteiger partial charge in [0.1, 0.15) is 11.2 Å². The number of benzene rings is 2. The molecule has 2 spiro atoms. The number of anilines is 2. The van der Waals surface area contributed by atoms with Crippen molar-refractivity contribution in [2.45, 2.75) is 17.5 Å². The average molecular weight is 505 g/mol. The summed E-state index contributed by atoms with van der Waals surface area (Å²) in [7, 11) is 0. The van der Waals surface area contributed by atoms with Crippen molar-refractivity contribution in [3.63, 3.8) is 0 Å². The molecular weight excluding hydrogens is 484 g/mol. The van der Waals surface area contributed by atoms with Crippen molar-refractivity contribution in [1.29, 1.82) is 0 Å². The van der Waals surface area contributed by atoms with Gasteiger partial charge in [-0.1, -0.05) is 30.3 Å². The zero-order valence-electron chi connectivity index (χ0n) is 18.4. The van der Waals surface area contributed by atoms with Crippen LogP contribution in [-0.2, 0) is 10.3 Å². The first-order chi connectivity index (χ1) is 17.0. The number of nitrogens with one attached hydrogen (secondary N) is 2. The van der Waals surface area contributed by atoms with E-state index in [1.54, 1.807) is 35.2 Å². The van der Waals surface area contributed by atoms with Crippen LogP contribution in [0, 0.1) is 15.5 Å². The summed E-state index contributed by atoms with van der Waals surface area (Å²) in [4.78, 5) is 43.5. The van der Waals surface area contributed by atoms with E-state index in [1.807, 2.05) is 41.8 Å². The van der Waals surface area contributed by atoms with Crippen molar-refractivity contribution in [2.75, 3.05) is 28.8 Å². The van der Waals surface area contributed by atoms with Crippen molar-refractivity contribution >= 4 is 51.9 Å². The van der Waals surface area contributed by atoms with Gasteiger partial charge in [0, 0.05) is 57.9 Å². The molecule has 3 aromatic rings. The van der Waals surface area contributed by atoms with Gasteiger partial charge in [-0.3, -0.25) is 24.6 Å². The Morgan fingerprint density at radius 2 is 1.94 bits per heavy atom. The number of Topliss-reactive ketones (excluding diaryl/α,β-unsaturated/α-hetero) is 1. The summed E-state index contributed by atoms with van der Waals surface area (Å²) in [5, 5.41) is 20.1. The minimum absolute atomic E-state index is 0.0263. The van der Waals surface area contributed by atoms with Gasteiger partial charge >= 0.3 is 0 Å². The predicted molar refractivity (Wildman–Crippen MR) is 135 cm³/mol. The molecule has 1 amide bonds. The van der Waals surface area contributed by atoms with Gasteiger partial charge in [0.05, 0.1) is 10.3 Å². The van der Waals surface area contributed by atoms with Gasteiger partial charge in [0.2, 0.25) is 0 Å². The molecule has 5 heterocycles. The average Bonchev–Trinajstić information content (AvgIpc) is 3.63. The Balaban J connectivity index is 1.57. The van der Waals surface area contributed by atoms with Gasteiger partial charge in [0.15, 0.2) is 5.78 Å². The molecule has 35 heavy (non-hydrogen) atoms. The Morgan fingerprint density at radius 3 is 2.74 bits per heavy atom. The van der Waals surface area contributed by atoms with Crippen LogP contribution in [0.25, 0.3) is 0 Å². The van der Waals surface area contributed by atoms with Crippen molar-refractivity contribution in [3.05, 3.63) is 86.1 Å². The van der Waals surface area contributed by atoms with Gasteiger partial charge in [0.25, 0.3) is 11.6 Å². The van der Waals surface area contributed by atoms with E-state index in [4.69, 9.17) is 0 Å². The molecule has 2 saturated heterocycles. The maximum atomic E-state index is 14.8. The molecule has 10 heteroatoms. The smallest absolute Gasteiger partial charge is 0.293 e. The number of thiophene rings is 1. The third kappa shape index (κ3) is 2.37. The number of para-hydroxylation sites is 2. The lowest BCUT2D eigenvalue weighted by Crippen LogP contribution is -2.63. The molecule has 2 fully saturated rings. The molecule has 0 saturated carbocycles. The standard InChI is InChI=1S/C25H20N4O4S2/c30-22-14-5-3-8-17(29(32)33)21(14)26-12-24(22)20(19-9-4-10-35-19)18-11-34-13-28(18)25(24)15-6-1-2-7-16(15)27-23(25)31/h1-10,18,20,26H,11-13H2,(H,27,31)/t18-,20+,24-,25-/m1/s1. The third-order valence-corrected chi connectivity index (χ3v) is 10.1. The highest BCUT2D eigenvalue weighted by molar-refractivity contribution is 7.99. The fourth-order valence-electron chi connectivity index (χ4n) is 6.92. The van der Waals surface area contributed by atoms with Crippen molar-refractivity contribution in [2.24, 2.45) is 5.41 Å². The highest BCUT2D eigenvalue weighted by Crippen LogP contribution is 2.69. The first-order valence-electron chi connectivity index (χ1n) is 11.4. The summed E-state index contributed by atoms with van der Waals surface area (Å²) in [6.45, 7) is 0.131. The van der Waals surface area contributed by atoms with Crippen molar-refractivity contribution < 1.29 is 14.5 Å². The number of fused-ring (bicyclic) bond motifs is 6. The quantitative estimate of drug-likeness (QED) is 0.397. The van der Waals surface area contributed by atoms with E-state index in [-0.39, 0.29) is 47.1 Å². The van der Waals surface area contributed by atoms with Gasteiger partial charge < -0.3 is 10.6 Å². The lowest BCUT2D eigenvalue weighted by atomic mass is 9.57. The minimum atomic E-state index is -1.22. The second kappa shape index (κ2) is 7.16. The summed E-state index contributed by atoms with van der Waals surface area (Å²) in [6.07, 6.45) is 0. The van der Waals surface area contributed by atoms with Crippen LogP contribution in [0.2, 0.25) is 0 Å². The van der Waals surface area contributed by atoms with E-state index in [1.165, 1.54) is 6.07 Å². The number of hydrogen-bond donors (Lipinski definition) is 2. The van der Waals surface area contributed by atoms with Gasteiger partial charge in [-0.05, 0) is 23.6 Å². The van der Waals surface area contributed by atoms with E-state index in [0.29, 0.717) is 5.88 Å². The molecule has 4 atom stereocenters. The van der Waals surface area contributed by atoms with E-state index < -0.39 is 15.9 Å². The zero-order valence-corrected chi connectivity index (χ0v) is 20.0. The Hall–Kier alpha value is -3.21. The maximum Gasteiger partial charge on any atom is 0.293 e. The number of nitrogens with zero attached hydrogens (tertiary/aromatic N) is 2. The molecule has 0 bridgehead atoms. The number of rotatable bonds is 2. The van der Waals surface area contributed by atoms with E-state index in [9.17, 15) is 19.7 Å². The lowest BCUT2D eigenvalue weighted by Gasteiger charge is -2.48. The zero-order chi connectivity index (χ0) is 23.9. The lowest BCUT2D eigenvalue weighted by molar-refractivity contribution is -0.384. The number of nitro benzene ring substituents is 1. The SMILES string of the molecule is O=C1c2cccc([N+](=O)[O-])c2NC[C@@]12[C@H](c1cccs1)[C@H]1CSCN1[C@]21C(=O)Nc2ccccc21. The van der Waals surface area contributed by atoms with E-state index in [2.05, 4.69) is 15.5 Å². The Kier molecular flexibility index (Phi) is 4.32. The van der Waals surface area contributed by atoms with E-state index >= 15 is 0 Å². The number of carbonyl (C=O) groups is 2. The maximum absolute atomic E-state index is 14.8. The van der Waals surface area contributed by atoms with Crippen LogP contribution in [0.4, 0.5) is 17.1 Å². The van der Waals surface area contributed by atoms with Crippen molar-refractivity contribution in [1.82, 2.24) is 4.90 Å². The molecule has 2 aromatic carbocycles. The number of amides is 1. The number of hydrogen-bond acceptors (Lipinski definition) is 8. The normalized spacial score (nSPS) is 30.7. The molecule has 7 rings (SSSR count). The number of ketones is 1. The summed E-state index contributed by atoms with van der Waals surface area (Å²) in [5.74, 6) is 0.775. The molecule has 8 nitrogen and oxygen atoms in total. The number of thioether (sulfide) groups is 1. The highest BCUT2D eigenvalue weighted by Gasteiger charge is 2.78. The van der Waals surface area contributed by atoms with Crippen LogP contribution in [0.15, 0.2) is 60.0 Å². The molecule has 0 unspecified atom stereocenters. The highest BCUT2D eigenvalue weighted by atomic mass is 32.2. The van der Waals surface area contributed by atoms with Crippen LogP contribution in [0.3, 0.4) is 0 Å². The fraction of sp³-hybridized carbons (Fsp3) is 0.280. The summed E-state index contributed by atoms with van der Waals surface area (Å²) >= 11 is 3.37. The molecular formula is C25H20N4O4S2. The predicted octanol–water partition coefficient (Wildman–Crippen LogP) is 4.27. The Labute approximate surface area is 208 Å². The molecule has 4 aliphatic heterocycles. The largest absolute Gasteiger partial charge is 0.378 e. The topological polar surface area (TPSA) is 105 Å². The van der Waals surface area contributed by atoms with Crippen LogP contribution in [0.5, 0.6) is 0 Å². The van der Waals surface area contributed by atoms with Crippen molar-refractivity contribution in [3.8, 4) is 0 Å². The van der Waals surface area contributed by atoms with Crippen LogP contribution >= 0.6 is 23.1 Å². The molecule has 4 aliphatic rings. The van der Waals surface area contributed by atoms with Crippen LogP contribution < -0.4 is 10.6 Å². The molecule has 1 aromatic heterocycles. The molecule has 2 N–H and O–H groups in total. The van der Waals surface area contributed by atoms with Gasteiger partial charge in [-0.15, -0.1) is 23.1 Å². The molecule has 176 valence electrons. The van der Waals surface area contributed by atoms with Crippen LogP contribution in [-0.4, -0.2) is 45.7 Å². The first kappa shape index (κ1) is 21.1. The minimum Gasteiger partial charge on any atom is -0.378 e. The Bertz CT molecular complexity index is 1430. The van der Waals surface area contributed by atoms with E-state index in [0.717, 1.165) is 21.9 Å². The number of nitro groups is 1.